The van der Waals surface area contributed by atoms with Crippen molar-refractivity contribution >= 4 is 11.8 Å². The quantitative estimate of drug-likeness (QED) is 0.902. The van der Waals surface area contributed by atoms with Gasteiger partial charge in [-0.2, -0.15) is 0 Å². The van der Waals surface area contributed by atoms with E-state index in [0.29, 0.717) is 39.1 Å². The van der Waals surface area contributed by atoms with E-state index in [9.17, 15) is 9.59 Å². The van der Waals surface area contributed by atoms with Crippen LogP contribution in [0, 0.1) is 5.92 Å². The highest BCUT2D eigenvalue weighted by atomic mass is 16.6. The number of carbonyl (C=O) groups excluding carboxylic acids is 2. The van der Waals surface area contributed by atoms with Crippen molar-refractivity contribution in [2.24, 2.45) is 5.92 Å². The van der Waals surface area contributed by atoms with E-state index in [-0.39, 0.29) is 17.7 Å². The van der Waals surface area contributed by atoms with Crippen molar-refractivity contribution < 1.29 is 19.1 Å². The molecule has 2 aliphatic rings. The third-order valence-electron chi connectivity index (χ3n) is 4.02. The molecule has 0 aliphatic carbocycles. The zero-order chi connectivity index (χ0) is 15.5. The van der Waals surface area contributed by atoms with Crippen molar-refractivity contribution in [1.29, 1.82) is 0 Å². The predicted molar refractivity (Wildman–Crippen MR) is 79.6 cm³/mol. The number of nitrogens with one attached hydrogen (secondary N) is 1. The average Bonchev–Trinajstić information content (AvgIpc) is 2.55. The van der Waals surface area contributed by atoms with Gasteiger partial charge in [-0.15, -0.1) is 0 Å². The van der Waals surface area contributed by atoms with Crippen LogP contribution in [0.1, 0.15) is 18.4 Å². The summed E-state index contributed by atoms with van der Waals surface area (Å²) in [4.78, 5) is 25.3. The van der Waals surface area contributed by atoms with Gasteiger partial charge in [0.2, 0.25) is 11.8 Å². The molecule has 1 aromatic carbocycles. The van der Waals surface area contributed by atoms with Gasteiger partial charge >= 0.3 is 0 Å². The number of piperidine rings is 1. The topological polar surface area (TPSA) is 67.9 Å². The summed E-state index contributed by atoms with van der Waals surface area (Å²) < 4.78 is 11.0. The van der Waals surface area contributed by atoms with Gasteiger partial charge in [-0.05, 0) is 24.1 Å². The number of carbonyl (C=O) groups is 2. The molecule has 6 nitrogen and oxygen atoms in total. The summed E-state index contributed by atoms with van der Waals surface area (Å²) in [6, 6.07) is 5.74. The second-order valence-corrected chi connectivity index (χ2v) is 5.71. The van der Waals surface area contributed by atoms with Crippen LogP contribution in [0.2, 0.25) is 0 Å². The molecule has 0 bridgehead atoms. The lowest BCUT2D eigenvalue weighted by Crippen LogP contribution is -2.43. The van der Waals surface area contributed by atoms with E-state index in [0.717, 1.165) is 17.1 Å². The molecule has 1 saturated heterocycles. The third kappa shape index (κ3) is 3.16. The molecule has 0 aromatic heterocycles. The van der Waals surface area contributed by atoms with E-state index in [1.54, 1.807) is 11.9 Å². The summed E-state index contributed by atoms with van der Waals surface area (Å²) in [6.07, 6.45) is 1.05. The molecule has 2 heterocycles. The molecule has 22 heavy (non-hydrogen) atoms. The largest absolute Gasteiger partial charge is 0.486 e. The summed E-state index contributed by atoms with van der Waals surface area (Å²) in [5, 5.41) is 2.75. The number of amides is 2. The molecule has 1 N–H and O–H groups in total. The zero-order valence-electron chi connectivity index (χ0n) is 12.6. The lowest BCUT2D eigenvalue weighted by Gasteiger charge is -2.27. The van der Waals surface area contributed by atoms with Gasteiger partial charge in [0.1, 0.15) is 13.2 Å². The Bertz CT molecular complexity index is 578. The summed E-state index contributed by atoms with van der Waals surface area (Å²) in [7, 11) is 1.79. The highest BCUT2D eigenvalue weighted by molar-refractivity contribution is 5.83. The van der Waals surface area contributed by atoms with Crippen LogP contribution in [0.15, 0.2) is 18.2 Å². The van der Waals surface area contributed by atoms with Gasteiger partial charge in [-0.1, -0.05) is 6.07 Å². The van der Waals surface area contributed by atoms with Crippen LogP contribution in [0.25, 0.3) is 0 Å². The molecule has 3 rings (SSSR count). The number of hydrogen-bond acceptors (Lipinski definition) is 4. The van der Waals surface area contributed by atoms with Gasteiger partial charge in [0.15, 0.2) is 11.5 Å². The molecule has 6 heteroatoms. The summed E-state index contributed by atoms with van der Waals surface area (Å²) in [6.45, 7) is 2.06. The smallest absolute Gasteiger partial charge is 0.227 e. The van der Waals surface area contributed by atoms with E-state index >= 15 is 0 Å². The van der Waals surface area contributed by atoms with Gasteiger partial charge in [0, 0.05) is 26.6 Å². The number of nitrogens with zero attached hydrogens (tertiary/aromatic N) is 1. The zero-order valence-corrected chi connectivity index (χ0v) is 12.6. The van der Waals surface area contributed by atoms with Crippen molar-refractivity contribution in [3.05, 3.63) is 23.8 Å². The van der Waals surface area contributed by atoms with Crippen molar-refractivity contribution in [2.45, 2.75) is 19.4 Å². The number of fused-ring (bicyclic) bond motifs is 1. The normalized spacial score (nSPS) is 20.2. The molecule has 0 saturated carbocycles. The van der Waals surface area contributed by atoms with Gasteiger partial charge in [-0.25, -0.2) is 0 Å². The fourth-order valence-electron chi connectivity index (χ4n) is 2.79. The highest BCUT2D eigenvalue weighted by Crippen LogP contribution is 2.31. The lowest BCUT2D eigenvalue weighted by molar-refractivity contribution is -0.136. The van der Waals surface area contributed by atoms with Crippen LogP contribution in [-0.2, 0) is 16.1 Å². The molecule has 1 aromatic rings. The number of benzene rings is 1. The van der Waals surface area contributed by atoms with Crippen molar-refractivity contribution in [3.8, 4) is 11.5 Å². The first kappa shape index (κ1) is 14.7. The van der Waals surface area contributed by atoms with Gasteiger partial charge in [0.25, 0.3) is 0 Å². The minimum absolute atomic E-state index is 0.0264. The van der Waals surface area contributed by atoms with Gasteiger partial charge in [0.05, 0.1) is 5.92 Å². The van der Waals surface area contributed by atoms with E-state index in [1.807, 2.05) is 18.2 Å². The second-order valence-electron chi connectivity index (χ2n) is 5.71. The molecule has 0 unspecified atom stereocenters. The van der Waals surface area contributed by atoms with Crippen molar-refractivity contribution in [1.82, 2.24) is 10.2 Å². The Labute approximate surface area is 129 Å². The minimum Gasteiger partial charge on any atom is -0.486 e. The Morgan fingerprint density at radius 1 is 1.32 bits per heavy atom. The van der Waals surface area contributed by atoms with Crippen LogP contribution in [0.5, 0.6) is 11.5 Å². The first-order chi connectivity index (χ1) is 10.6. The first-order valence-corrected chi connectivity index (χ1v) is 7.53. The maximum absolute atomic E-state index is 12.4. The Hall–Kier alpha value is -2.24. The van der Waals surface area contributed by atoms with Crippen LogP contribution in [0.3, 0.4) is 0 Å². The third-order valence-corrected chi connectivity index (χ3v) is 4.02. The summed E-state index contributed by atoms with van der Waals surface area (Å²) in [5.41, 5.74) is 1.000. The van der Waals surface area contributed by atoms with Crippen LogP contribution >= 0.6 is 0 Å². The Morgan fingerprint density at radius 2 is 2.09 bits per heavy atom. The highest BCUT2D eigenvalue weighted by Gasteiger charge is 2.27. The monoisotopic (exact) mass is 304 g/mol. The Balaban J connectivity index is 1.62. The number of hydrogen-bond donors (Lipinski definition) is 1. The summed E-state index contributed by atoms with van der Waals surface area (Å²) in [5.74, 6) is 1.45. The second kappa shape index (κ2) is 6.25. The Kier molecular flexibility index (Phi) is 4.18. The molecule has 0 spiro atoms. The predicted octanol–water partition coefficient (Wildman–Crippen LogP) is 0.942. The van der Waals surface area contributed by atoms with Gasteiger partial charge in [-0.3, -0.25) is 9.59 Å². The number of ether oxygens (including phenoxy) is 2. The molecule has 2 amide bonds. The SMILES string of the molecule is CN(Cc1ccc2c(c1)OCCO2)C(=O)[C@@H]1CCC(=O)NC1. The number of rotatable bonds is 3. The molecule has 2 aliphatic heterocycles. The van der Waals surface area contributed by atoms with E-state index in [2.05, 4.69) is 5.32 Å². The van der Waals surface area contributed by atoms with E-state index < -0.39 is 0 Å². The fourth-order valence-corrected chi connectivity index (χ4v) is 2.79. The minimum atomic E-state index is -0.125. The maximum Gasteiger partial charge on any atom is 0.227 e. The van der Waals surface area contributed by atoms with E-state index in [4.69, 9.17) is 9.47 Å². The molecular weight excluding hydrogens is 284 g/mol. The van der Waals surface area contributed by atoms with Crippen LogP contribution in [0.4, 0.5) is 0 Å². The standard InChI is InChI=1S/C16H20N2O4/c1-18(16(20)12-3-5-15(19)17-9-12)10-11-2-4-13-14(8-11)22-7-6-21-13/h2,4,8,12H,3,5-7,9-10H2,1H3,(H,17,19)/t12-/m1/s1. The van der Waals surface area contributed by atoms with Crippen LogP contribution < -0.4 is 14.8 Å². The molecule has 118 valence electrons. The first-order valence-electron chi connectivity index (χ1n) is 7.53. The fraction of sp³-hybridized carbons (Fsp3) is 0.500. The van der Waals surface area contributed by atoms with Crippen LogP contribution in [-0.4, -0.2) is 43.5 Å². The Morgan fingerprint density at radius 3 is 2.82 bits per heavy atom. The lowest BCUT2D eigenvalue weighted by atomic mass is 9.97. The maximum atomic E-state index is 12.4. The van der Waals surface area contributed by atoms with Gasteiger partial charge < -0.3 is 19.7 Å². The summed E-state index contributed by atoms with van der Waals surface area (Å²) >= 11 is 0. The average molecular weight is 304 g/mol. The van der Waals surface area contributed by atoms with E-state index in [1.165, 1.54) is 0 Å². The molecular formula is C16H20N2O4. The molecule has 1 fully saturated rings. The van der Waals surface area contributed by atoms with Crippen molar-refractivity contribution in [3.63, 3.8) is 0 Å². The molecule has 0 radical (unpaired) electrons. The molecule has 1 atom stereocenters. The van der Waals surface area contributed by atoms with Crippen molar-refractivity contribution in [2.75, 3.05) is 26.8 Å².